The number of carbonyl (C=O) groups is 4. The third-order valence-electron chi connectivity index (χ3n) is 6.28. The van der Waals surface area contributed by atoms with Crippen molar-refractivity contribution in [3.63, 3.8) is 0 Å². The van der Waals surface area contributed by atoms with Gasteiger partial charge in [-0.05, 0) is 37.0 Å². The molecule has 0 radical (unpaired) electrons. The van der Waals surface area contributed by atoms with E-state index >= 15 is 0 Å². The second-order valence-electron chi connectivity index (χ2n) is 9.87. The maximum absolute atomic E-state index is 13.5. The number of carboxylic acids is 1. The monoisotopic (exact) mass is 601 g/mol. The maximum Gasteiger partial charge on any atom is 0.524 e. The van der Waals surface area contributed by atoms with Crippen molar-refractivity contribution in [2.24, 2.45) is 0 Å². The number of phosphoric acid groups is 1. The molecule has 13 nitrogen and oxygen atoms in total. The van der Waals surface area contributed by atoms with Crippen molar-refractivity contribution >= 4 is 31.5 Å². The van der Waals surface area contributed by atoms with Crippen LogP contribution in [0.15, 0.2) is 18.2 Å². The molecule has 0 saturated heterocycles. The van der Waals surface area contributed by atoms with Gasteiger partial charge in [0.15, 0.2) is 0 Å². The molecule has 0 heterocycles. The lowest BCUT2D eigenvalue weighted by Crippen LogP contribution is -2.55. The van der Waals surface area contributed by atoms with Crippen LogP contribution >= 0.6 is 7.82 Å². The summed E-state index contributed by atoms with van der Waals surface area (Å²) < 4.78 is 15.8. The first-order chi connectivity index (χ1) is 19.3. The van der Waals surface area contributed by atoms with Gasteiger partial charge in [0.2, 0.25) is 17.7 Å². The number of aliphatic carboxylic acids is 1. The van der Waals surface area contributed by atoms with Crippen molar-refractivity contribution in [3.05, 3.63) is 29.3 Å². The van der Waals surface area contributed by atoms with Gasteiger partial charge < -0.3 is 30.3 Å². The third-order valence-corrected chi connectivity index (χ3v) is 6.72. The molecule has 3 amide bonds. The minimum absolute atomic E-state index is 0.0529. The molecule has 41 heavy (non-hydrogen) atoms. The lowest BCUT2D eigenvalue weighted by atomic mass is 10.0. The zero-order valence-electron chi connectivity index (χ0n) is 24.0. The van der Waals surface area contributed by atoms with Crippen LogP contribution < -0.4 is 15.2 Å². The van der Waals surface area contributed by atoms with Crippen molar-refractivity contribution < 1.29 is 48.3 Å². The van der Waals surface area contributed by atoms with Crippen LogP contribution in [0.5, 0.6) is 5.75 Å². The Kier molecular flexibility index (Phi) is 16.2. The number of carboxylic acid groups (broad SMARTS) is 1. The van der Waals surface area contributed by atoms with Crippen LogP contribution in [0.4, 0.5) is 0 Å². The fraction of sp³-hybridized carbons (Fsp3) is 0.630. The van der Waals surface area contributed by atoms with Gasteiger partial charge in [-0.25, -0.2) is 4.57 Å². The Labute approximate surface area is 240 Å². The zero-order chi connectivity index (χ0) is 31.0. The molecule has 232 valence electrons. The zero-order valence-corrected chi connectivity index (χ0v) is 24.9. The van der Waals surface area contributed by atoms with Crippen LogP contribution in [0.2, 0.25) is 0 Å². The smallest absolute Gasteiger partial charge is 0.481 e. The van der Waals surface area contributed by atoms with E-state index in [4.69, 9.17) is 9.79 Å². The molecule has 0 fully saturated rings. The largest absolute Gasteiger partial charge is 0.524 e. The third kappa shape index (κ3) is 14.5. The molecule has 1 aromatic carbocycles. The van der Waals surface area contributed by atoms with Gasteiger partial charge in [-0.3, -0.25) is 29.0 Å². The van der Waals surface area contributed by atoms with E-state index in [0.29, 0.717) is 18.7 Å². The summed E-state index contributed by atoms with van der Waals surface area (Å²) in [5, 5.41) is 24.1. The Morgan fingerprint density at radius 1 is 0.976 bits per heavy atom. The molecule has 0 saturated carbocycles. The second kappa shape index (κ2) is 18.4. The van der Waals surface area contributed by atoms with E-state index in [9.17, 15) is 34.0 Å². The number of unbranched alkanes of at least 4 members (excludes halogenated alkanes) is 4. The van der Waals surface area contributed by atoms with Crippen LogP contribution in [-0.2, 0) is 36.8 Å². The van der Waals surface area contributed by atoms with E-state index in [2.05, 4.69) is 15.2 Å². The topological polar surface area (TPSA) is 203 Å². The van der Waals surface area contributed by atoms with Crippen LogP contribution in [0, 0.1) is 0 Å². The quantitative estimate of drug-likeness (QED) is 0.0950. The van der Waals surface area contributed by atoms with Crippen molar-refractivity contribution in [2.75, 3.05) is 13.1 Å². The number of aliphatic hydroxyl groups excluding tert-OH is 1. The number of phosphoric ester groups is 1. The van der Waals surface area contributed by atoms with Crippen LogP contribution in [-0.4, -0.2) is 73.8 Å². The maximum atomic E-state index is 13.5. The van der Waals surface area contributed by atoms with E-state index in [0.717, 1.165) is 38.5 Å². The molecular weight excluding hydrogens is 557 g/mol. The molecule has 2 atom stereocenters. The second-order valence-corrected chi connectivity index (χ2v) is 11.0. The predicted molar refractivity (Wildman–Crippen MR) is 151 cm³/mol. The molecule has 0 unspecified atom stereocenters. The van der Waals surface area contributed by atoms with Crippen molar-refractivity contribution in [1.29, 1.82) is 0 Å². The molecule has 6 N–H and O–H groups in total. The van der Waals surface area contributed by atoms with Gasteiger partial charge in [-0.2, -0.15) is 0 Å². The Morgan fingerprint density at radius 3 is 2.07 bits per heavy atom. The predicted octanol–water partition coefficient (Wildman–Crippen LogP) is 2.26. The van der Waals surface area contributed by atoms with Gasteiger partial charge in [0.1, 0.15) is 17.8 Å². The Bertz CT molecular complexity index is 1050. The summed E-state index contributed by atoms with van der Waals surface area (Å²) in [5.41, 5.74) is 0.479. The molecule has 1 rings (SSSR count). The number of rotatable bonds is 20. The molecular formula is C27H44N3O10P. The van der Waals surface area contributed by atoms with E-state index in [-0.39, 0.29) is 36.5 Å². The average molecular weight is 602 g/mol. The van der Waals surface area contributed by atoms with Crippen molar-refractivity contribution in [3.8, 4) is 5.75 Å². The molecule has 0 bridgehead atoms. The number of aliphatic hydroxyl groups is 1. The fourth-order valence-electron chi connectivity index (χ4n) is 4.25. The normalized spacial score (nSPS) is 12.7. The molecule has 0 aliphatic carbocycles. The number of carbonyl (C=O) groups excluding carboxylic acids is 3. The summed E-state index contributed by atoms with van der Waals surface area (Å²) in [7, 11) is -4.88. The van der Waals surface area contributed by atoms with Crippen LogP contribution in [0.3, 0.4) is 0 Å². The van der Waals surface area contributed by atoms with Crippen molar-refractivity contribution in [1.82, 2.24) is 15.5 Å². The molecule has 0 aromatic heterocycles. The summed E-state index contributed by atoms with van der Waals surface area (Å²) in [4.78, 5) is 70.0. The summed E-state index contributed by atoms with van der Waals surface area (Å²) in [6.07, 6.45) is 4.73. The first-order valence-electron chi connectivity index (χ1n) is 13.9. The number of nitrogens with zero attached hydrogens (tertiary/aromatic N) is 1. The van der Waals surface area contributed by atoms with Gasteiger partial charge in [0.25, 0.3) is 0 Å². The Hall–Kier alpha value is -2.99. The number of nitrogens with one attached hydrogen (secondary N) is 2. The Balaban J connectivity index is 3.21. The molecule has 14 heteroatoms. The number of amides is 3. The van der Waals surface area contributed by atoms with Gasteiger partial charge in [0.05, 0.1) is 6.61 Å². The van der Waals surface area contributed by atoms with Gasteiger partial charge in [-0.15, -0.1) is 0 Å². The highest BCUT2D eigenvalue weighted by Gasteiger charge is 2.30. The summed E-state index contributed by atoms with van der Waals surface area (Å²) in [5.74, 6) is -2.96. The average Bonchev–Trinajstić information content (AvgIpc) is 2.89. The van der Waals surface area contributed by atoms with Crippen molar-refractivity contribution in [2.45, 2.75) is 97.2 Å². The highest BCUT2D eigenvalue weighted by atomic mass is 31.2. The number of benzene rings is 1. The first kappa shape index (κ1) is 36.0. The highest BCUT2D eigenvalue weighted by molar-refractivity contribution is 7.46. The lowest BCUT2D eigenvalue weighted by molar-refractivity contribution is -0.140. The fourth-order valence-corrected chi connectivity index (χ4v) is 4.68. The number of hydrogen-bond acceptors (Lipinski definition) is 7. The van der Waals surface area contributed by atoms with E-state index in [1.54, 1.807) is 4.90 Å². The SMILES string of the molecule is CCCCCN(CCCCC)C(=O)[C@H](CCC(=O)O)NC(=O)[C@H](Cc1ccc(OP(=O)(O)O)c(CO)c1)NC(C)=O. The summed E-state index contributed by atoms with van der Waals surface area (Å²) in [6.45, 7) is 5.66. The minimum Gasteiger partial charge on any atom is -0.481 e. The highest BCUT2D eigenvalue weighted by Crippen LogP contribution is 2.39. The van der Waals surface area contributed by atoms with Crippen LogP contribution in [0.25, 0.3) is 0 Å². The Morgan fingerprint density at radius 2 is 1.59 bits per heavy atom. The molecule has 0 aliphatic heterocycles. The molecule has 1 aromatic rings. The van der Waals surface area contributed by atoms with E-state index in [1.165, 1.54) is 25.1 Å². The van der Waals surface area contributed by atoms with Gasteiger partial charge in [-0.1, -0.05) is 45.6 Å². The molecule has 0 spiro atoms. The van der Waals surface area contributed by atoms with Gasteiger partial charge >= 0.3 is 13.8 Å². The number of hydrogen-bond donors (Lipinski definition) is 6. The first-order valence-corrected chi connectivity index (χ1v) is 15.4. The minimum atomic E-state index is -4.88. The van der Waals surface area contributed by atoms with Gasteiger partial charge in [0, 0.05) is 38.4 Å². The standard InChI is InChI=1S/C27H44N3O10P/c1-4-6-8-14-30(15-9-7-5-2)27(36)22(11-13-25(33)34)29-26(35)23(28-19(3)32)17-20-10-12-24(21(16-20)18-31)40-41(37,38)39/h10,12,16,22-23,31H,4-9,11,13-15,17-18H2,1-3H3,(H,28,32)(H,29,35)(H,33,34)(H2,37,38,39)/t22-,23-/m0/s1. The summed E-state index contributed by atoms with van der Waals surface area (Å²) in [6, 6.07) is 1.74. The molecule has 0 aliphatic rings. The van der Waals surface area contributed by atoms with E-state index < -0.39 is 44.3 Å². The summed E-state index contributed by atoms with van der Waals surface area (Å²) >= 11 is 0. The van der Waals surface area contributed by atoms with Crippen LogP contribution in [0.1, 0.15) is 83.3 Å². The lowest BCUT2D eigenvalue weighted by Gasteiger charge is -2.29. The van der Waals surface area contributed by atoms with E-state index in [1.807, 2.05) is 13.8 Å².